The topological polar surface area (TPSA) is 105 Å². The van der Waals surface area contributed by atoms with Crippen LogP contribution in [0.15, 0.2) is 12.2 Å². The molecular weight excluding hydrogens is 496 g/mol. The van der Waals surface area contributed by atoms with Crippen molar-refractivity contribution in [2.45, 2.75) is 57.0 Å². The van der Waals surface area contributed by atoms with Crippen LogP contribution in [-0.2, 0) is 25.4 Å². The number of amides is 2. The molecule has 0 saturated carbocycles. The van der Waals surface area contributed by atoms with E-state index in [1.165, 1.54) is 13.1 Å². The first-order chi connectivity index (χ1) is 15.7. The van der Waals surface area contributed by atoms with Crippen molar-refractivity contribution in [2.75, 3.05) is 18.5 Å². The van der Waals surface area contributed by atoms with E-state index in [0.29, 0.717) is 17.9 Å². The van der Waals surface area contributed by atoms with Gasteiger partial charge in [0.15, 0.2) is 0 Å². The number of nitrogens with one attached hydrogen (secondary N) is 1. The van der Waals surface area contributed by atoms with Crippen LogP contribution >= 0.6 is 11.3 Å². The van der Waals surface area contributed by atoms with Gasteiger partial charge in [0.2, 0.25) is 16.0 Å². The van der Waals surface area contributed by atoms with Crippen LogP contribution in [0.25, 0.3) is 0 Å². The smallest absolute Gasteiger partial charge is 0.360 e. The maximum absolute atomic E-state index is 12.7. The molecule has 0 spiro atoms. The number of piperidine rings is 1. The molecule has 0 bridgehead atoms. The number of alkyl halides is 6. The third-order valence-corrected chi connectivity index (χ3v) is 5.75. The van der Waals surface area contributed by atoms with E-state index in [1.54, 1.807) is 6.92 Å². The summed E-state index contributed by atoms with van der Waals surface area (Å²) in [5.74, 6) is -3.87. The zero-order valence-electron chi connectivity index (χ0n) is 17.9. The van der Waals surface area contributed by atoms with E-state index >= 15 is 0 Å². The van der Waals surface area contributed by atoms with E-state index in [1.807, 2.05) is 0 Å². The molecule has 2 heterocycles. The average molecular weight is 517 g/mol. The van der Waals surface area contributed by atoms with Crippen molar-refractivity contribution in [1.29, 1.82) is 0 Å². The molecule has 2 amide bonds. The number of nitrogens with zero attached hydrogens (tertiary/aromatic N) is 4. The number of carbonyl (C=O) groups excluding carboxylic acids is 3. The van der Waals surface area contributed by atoms with Gasteiger partial charge >= 0.3 is 18.3 Å². The SMILES string of the molecule is CC[C@@H](/C=C/C(=O)N(C)c1nnc(C(F)(F)F)s1)NC(=O)[C@@H]1CCCCN1OC(=O)C(F)(F)F. The number of rotatable bonds is 7. The normalized spacial score (nSPS) is 18.5. The maximum atomic E-state index is 12.7. The summed E-state index contributed by atoms with van der Waals surface area (Å²) in [5, 5.41) is 8.07. The third kappa shape index (κ3) is 7.38. The summed E-state index contributed by atoms with van der Waals surface area (Å²) < 4.78 is 75.5. The molecule has 34 heavy (non-hydrogen) atoms. The number of aromatic nitrogens is 2. The quantitative estimate of drug-likeness (QED) is 0.438. The lowest BCUT2D eigenvalue weighted by Crippen LogP contribution is -2.52. The molecule has 1 aromatic heterocycles. The Labute approximate surface area is 193 Å². The first-order valence-electron chi connectivity index (χ1n) is 9.96. The number of carbonyl (C=O) groups is 3. The Kier molecular flexibility index (Phi) is 8.99. The van der Waals surface area contributed by atoms with Gasteiger partial charge in [-0.15, -0.1) is 15.3 Å². The number of likely N-dealkylation sites (N-methyl/N-ethyl adjacent to an activating group) is 1. The molecule has 2 atom stereocenters. The summed E-state index contributed by atoms with van der Waals surface area (Å²) in [5.41, 5.74) is 0. The molecule has 0 radical (unpaired) electrons. The van der Waals surface area contributed by atoms with Gasteiger partial charge in [0, 0.05) is 25.7 Å². The number of halogens is 6. The van der Waals surface area contributed by atoms with Gasteiger partial charge in [0.05, 0.1) is 0 Å². The predicted molar refractivity (Wildman–Crippen MR) is 106 cm³/mol. The minimum atomic E-state index is -5.21. The molecule has 0 aromatic carbocycles. The van der Waals surface area contributed by atoms with Crippen molar-refractivity contribution < 1.29 is 45.6 Å². The molecule has 1 aliphatic rings. The van der Waals surface area contributed by atoms with Crippen molar-refractivity contribution in [1.82, 2.24) is 20.6 Å². The number of hydroxylamine groups is 2. The second kappa shape index (κ2) is 11.1. The largest absolute Gasteiger partial charge is 0.492 e. The molecular formula is C18H21F6N5O4S. The molecule has 16 heteroatoms. The van der Waals surface area contributed by atoms with E-state index in [-0.39, 0.29) is 35.9 Å². The van der Waals surface area contributed by atoms with Crippen molar-refractivity contribution in [3.63, 3.8) is 0 Å². The van der Waals surface area contributed by atoms with Crippen LogP contribution in [0.2, 0.25) is 0 Å². The Morgan fingerprint density at radius 2 is 1.91 bits per heavy atom. The molecule has 0 unspecified atom stereocenters. The van der Waals surface area contributed by atoms with E-state index in [4.69, 9.17) is 0 Å². The van der Waals surface area contributed by atoms with Crippen molar-refractivity contribution >= 4 is 34.3 Å². The fourth-order valence-corrected chi connectivity index (χ4v) is 3.55. The van der Waals surface area contributed by atoms with Gasteiger partial charge in [0.25, 0.3) is 5.91 Å². The van der Waals surface area contributed by atoms with Crippen LogP contribution in [0.4, 0.5) is 31.5 Å². The highest BCUT2D eigenvalue weighted by Crippen LogP contribution is 2.34. The van der Waals surface area contributed by atoms with Gasteiger partial charge in [-0.2, -0.15) is 26.3 Å². The lowest BCUT2D eigenvalue weighted by molar-refractivity contribution is -0.248. The number of anilines is 1. The monoisotopic (exact) mass is 517 g/mol. The van der Waals surface area contributed by atoms with Gasteiger partial charge in [0.1, 0.15) is 6.04 Å². The molecule has 1 aromatic rings. The fourth-order valence-electron chi connectivity index (χ4n) is 2.87. The molecule has 2 rings (SSSR count). The Bertz CT molecular complexity index is 919. The lowest BCUT2D eigenvalue weighted by Gasteiger charge is -2.33. The van der Waals surface area contributed by atoms with Crippen molar-refractivity contribution in [3.05, 3.63) is 17.2 Å². The molecule has 1 aliphatic heterocycles. The number of hydrogen-bond donors (Lipinski definition) is 1. The Balaban J connectivity index is 2.01. The average Bonchev–Trinajstić information content (AvgIpc) is 3.26. The minimum absolute atomic E-state index is 0.0580. The number of hydrogen-bond acceptors (Lipinski definition) is 8. The van der Waals surface area contributed by atoms with Crippen molar-refractivity contribution in [2.24, 2.45) is 0 Å². The standard InChI is InChI=1S/C18H21F6N5O4S/c1-3-10(7-8-12(30)28(2)16-27-26-14(34-16)17(19,20)21)25-13(31)11-6-4-5-9-29(11)33-15(32)18(22,23)24/h7-8,10-11H,3-6,9H2,1-2H3,(H,25,31)/b8-7+/t10-,11-/m0/s1. The Morgan fingerprint density at radius 3 is 2.47 bits per heavy atom. The van der Waals surface area contributed by atoms with Crippen LogP contribution in [-0.4, -0.2) is 64.9 Å². The van der Waals surface area contributed by atoms with Crippen LogP contribution < -0.4 is 10.2 Å². The zero-order valence-corrected chi connectivity index (χ0v) is 18.8. The van der Waals surface area contributed by atoms with Gasteiger partial charge in [-0.1, -0.05) is 24.3 Å². The van der Waals surface area contributed by atoms with Crippen LogP contribution in [0.1, 0.15) is 37.6 Å². The summed E-state index contributed by atoms with van der Waals surface area (Å²) in [6, 6.07) is -1.88. The summed E-state index contributed by atoms with van der Waals surface area (Å²) in [6.07, 6.45) is -6.22. The second-order valence-electron chi connectivity index (χ2n) is 7.20. The zero-order chi connectivity index (χ0) is 25.7. The van der Waals surface area contributed by atoms with E-state index in [9.17, 15) is 40.7 Å². The van der Waals surface area contributed by atoms with Crippen LogP contribution in [0.5, 0.6) is 0 Å². The first kappa shape index (κ1) is 27.5. The fraction of sp³-hybridized carbons (Fsp3) is 0.611. The predicted octanol–water partition coefficient (Wildman–Crippen LogP) is 2.85. The second-order valence-corrected chi connectivity index (χ2v) is 8.15. The summed E-state index contributed by atoms with van der Waals surface area (Å²) >= 11 is 0.180. The summed E-state index contributed by atoms with van der Waals surface area (Å²) in [4.78, 5) is 41.3. The Morgan fingerprint density at radius 1 is 1.24 bits per heavy atom. The van der Waals surface area contributed by atoms with E-state index < -0.39 is 47.2 Å². The molecule has 0 aliphatic carbocycles. The lowest BCUT2D eigenvalue weighted by atomic mass is 10.0. The minimum Gasteiger partial charge on any atom is -0.360 e. The first-order valence-corrected chi connectivity index (χ1v) is 10.8. The maximum Gasteiger partial charge on any atom is 0.492 e. The summed E-state index contributed by atoms with van der Waals surface area (Å²) in [6.45, 7) is 1.60. The highest BCUT2D eigenvalue weighted by molar-refractivity contribution is 7.15. The van der Waals surface area contributed by atoms with E-state index in [2.05, 4.69) is 20.4 Å². The summed E-state index contributed by atoms with van der Waals surface area (Å²) in [7, 11) is 1.20. The molecule has 9 nitrogen and oxygen atoms in total. The molecule has 190 valence electrons. The van der Waals surface area contributed by atoms with Crippen molar-refractivity contribution in [3.8, 4) is 0 Å². The highest BCUT2D eigenvalue weighted by atomic mass is 32.1. The van der Waals surface area contributed by atoms with Gasteiger partial charge in [-0.3, -0.25) is 14.5 Å². The molecule has 1 fully saturated rings. The highest BCUT2D eigenvalue weighted by Gasteiger charge is 2.44. The van der Waals surface area contributed by atoms with Crippen LogP contribution in [0.3, 0.4) is 0 Å². The third-order valence-electron chi connectivity index (χ3n) is 4.70. The van der Waals surface area contributed by atoms with E-state index in [0.717, 1.165) is 11.0 Å². The molecule has 1 saturated heterocycles. The van der Waals surface area contributed by atoms with Gasteiger partial charge in [-0.05, 0) is 25.7 Å². The molecule has 1 N–H and O–H groups in total. The Hall–Kier alpha value is -2.75. The van der Waals surface area contributed by atoms with Crippen LogP contribution in [0, 0.1) is 0 Å². The van der Waals surface area contributed by atoms with Gasteiger partial charge in [-0.25, -0.2) is 4.79 Å². The van der Waals surface area contributed by atoms with Gasteiger partial charge < -0.3 is 10.2 Å².